The molecule has 0 saturated carbocycles. The van der Waals surface area contributed by atoms with Crippen molar-refractivity contribution >= 4 is 17.3 Å². The minimum Gasteiger partial charge on any atom is -0.370 e. The van der Waals surface area contributed by atoms with E-state index in [2.05, 4.69) is 18.7 Å². The van der Waals surface area contributed by atoms with Crippen molar-refractivity contribution in [2.24, 2.45) is 11.8 Å². The number of carbonyl (C=O) groups excluding carboxylic acids is 1. The van der Waals surface area contributed by atoms with Crippen molar-refractivity contribution in [2.75, 3.05) is 0 Å². The molecule has 0 aliphatic carbocycles. The van der Waals surface area contributed by atoms with E-state index in [4.69, 9.17) is 5.90 Å². The van der Waals surface area contributed by atoms with E-state index in [1.165, 1.54) is 11.3 Å². The van der Waals surface area contributed by atoms with E-state index in [1.807, 2.05) is 5.38 Å². The van der Waals surface area contributed by atoms with E-state index in [0.29, 0.717) is 11.5 Å². The highest BCUT2D eigenvalue weighted by molar-refractivity contribution is 7.08. The maximum absolute atomic E-state index is 11.1. The van der Waals surface area contributed by atoms with Crippen LogP contribution >= 0.6 is 11.3 Å². The fraction of sp³-hybridized carbons (Fsp3) is 0.444. The zero-order valence-corrected chi connectivity index (χ0v) is 8.56. The number of nitrogens with two attached hydrogens (primary N) is 1. The van der Waals surface area contributed by atoms with E-state index >= 15 is 0 Å². The third-order valence-corrected chi connectivity index (χ3v) is 2.49. The van der Waals surface area contributed by atoms with Gasteiger partial charge in [-0.2, -0.15) is 17.2 Å². The Morgan fingerprint density at radius 2 is 2.31 bits per heavy atom. The van der Waals surface area contributed by atoms with Gasteiger partial charge >= 0.3 is 5.97 Å². The van der Waals surface area contributed by atoms with Gasteiger partial charge in [0.2, 0.25) is 0 Å². The Hall–Kier alpha value is -0.870. The topological polar surface area (TPSA) is 52.3 Å². The summed E-state index contributed by atoms with van der Waals surface area (Å²) >= 11 is 1.50. The largest absolute Gasteiger partial charge is 0.370 e. The molecule has 0 unspecified atom stereocenters. The fourth-order valence-electron chi connectivity index (χ4n) is 1.16. The number of carbonyl (C=O) groups is 1. The van der Waals surface area contributed by atoms with Gasteiger partial charge in [-0.15, -0.1) is 0 Å². The summed E-state index contributed by atoms with van der Waals surface area (Å²) in [4.78, 5) is 15.3. The first-order chi connectivity index (χ1) is 6.15. The van der Waals surface area contributed by atoms with Gasteiger partial charge in [0.15, 0.2) is 0 Å². The molecule has 0 amide bonds. The van der Waals surface area contributed by atoms with Crippen LogP contribution in [0.1, 0.15) is 29.8 Å². The highest BCUT2D eigenvalue weighted by atomic mass is 32.1. The summed E-state index contributed by atoms with van der Waals surface area (Å²) in [5.74, 6) is 4.90. The second-order valence-corrected chi connectivity index (χ2v) is 4.06. The van der Waals surface area contributed by atoms with Crippen LogP contribution in [0, 0.1) is 5.92 Å². The normalized spacial score (nSPS) is 10.5. The van der Waals surface area contributed by atoms with Crippen molar-refractivity contribution in [1.82, 2.24) is 0 Å². The summed E-state index contributed by atoms with van der Waals surface area (Å²) in [6, 6.07) is 0. The van der Waals surface area contributed by atoms with Gasteiger partial charge in [-0.05, 0) is 23.3 Å². The van der Waals surface area contributed by atoms with Gasteiger partial charge in [-0.3, -0.25) is 0 Å². The van der Waals surface area contributed by atoms with E-state index in [0.717, 1.165) is 12.0 Å². The third-order valence-electron chi connectivity index (χ3n) is 1.70. The average Bonchev–Trinajstić information content (AvgIpc) is 2.50. The Balaban J connectivity index is 2.83. The van der Waals surface area contributed by atoms with Gasteiger partial charge < -0.3 is 4.84 Å². The standard InChI is InChI=1S/C9H13NO2S/c1-6(2)3-7-4-13-5-8(7)9(11)12-10/h4-6H,3,10H2,1-2H3. The lowest BCUT2D eigenvalue weighted by atomic mass is 10.0. The molecular weight excluding hydrogens is 186 g/mol. The number of hydrogen-bond acceptors (Lipinski definition) is 4. The van der Waals surface area contributed by atoms with Crippen molar-refractivity contribution in [3.05, 3.63) is 21.9 Å². The van der Waals surface area contributed by atoms with Crippen molar-refractivity contribution in [3.8, 4) is 0 Å². The predicted molar refractivity (Wildman–Crippen MR) is 52.5 cm³/mol. The van der Waals surface area contributed by atoms with Crippen LogP contribution in [0.4, 0.5) is 0 Å². The minimum atomic E-state index is -0.447. The smallest absolute Gasteiger partial charge is 0.357 e. The van der Waals surface area contributed by atoms with Crippen LogP contribution in [0.15, 0.2) is 10.8 Å². The molecule has 13 heavy (non-hydrogen) atoms. The second kappa shape index (κ2) is 4.39. The average molecular weight is 199 g/mol. The molecule has 0 atom stereocenters. The second-order valence-electron chi connectivity index (χ2n) is 3.31. The van der Waals surface area contributed by atoms with Crippen LogP contribution in [0.25, 0.3) is 0 Å². The molecule has 0 aliphatic heterocycles. The zero-order valence-electron chi connectivity index (χ0n) is 7.74. The first kappa shape index (κ1) is 10.2. The van der Waals surface area contributed by atoms with E-state index in [1.54, 1.807) is 5.38 Å². The van der Waals surface area contributed by atoms with Crippen LogP contribution in [0.3, 0.4) is 0 Å². The molecule has 0 aromatic carbocycles. The lowest BCUT2D eigenvalue weighted by molar-refractivity contribution is 0.0502. The summed E-state index contributed by atoms with van der Waals surface area (Å²) in [7, 11) is 0. The summed E-state index contributed by atoms with van der Waals surface area (Å²) in [5.41, 5.74) is 1.62. The van der Waals surface area contributed by atoms with Crippen LogP contribution in [-0.4, -0.2) is 5.97 Å². The summed E-state index contributed by atoms with van der Waals surface area (Å²) in [6.07, 6.45) is 0.883. The van der Waals surface area contributed by atoms with Gasteiger partial charge in [-0.1, -0.05) is 13.8 Å². The van der Waals surface area contributed by atoms with E-state index in [9.17, 15) is 4.79 Å². The van der Waals surface area contributed by atoms with Crippen LogP contribution < -0.4 is 5.90 Å². The Morgan fingerprint density at radius 3 is 2.85 bits per heavy atom. The fourth-order valence-corrected chi connectivity index (χ4v) is 2.00. The Kier molecular flexibility index (Phi) is 3.45. The van der Waals surface area contributed by atoms with E-state index < -0.39 is 5.97 Å². The maximum Gasteiger partial charge on any atom is 0.357 e. The molecule has 3 nitrogen and oxygen atoms in total. The summed E-state index contributed by atoms with van der Waals surface area (Å²) < 4.78 is 0. The highest BCUT2D eigenvalue weighted by Gasteiger charge is 2.13. The molecule has 0 aliphatic rings. The molecule has 0 saturated heterocycles. The Labute approximate surface area is 81.5 Å². The lowest BCUT2D eigenvalue weighted by Crippen LogP contribution is -2.11. The third kappa shape index (κ3) is 2.54. The van der Waals surface area contributed by atoms with Crippen molar-refractivity contribution in [1.29, 1.82) is 0 Å². The van der Waals surface area contributed by atoms with Gasteiger partial charge in [0.25, 0.3) is 0 Å². The molecule has 4 heteroatoms. The van der Waals surface area contributed by atoms with Crippen molar-refractivity contribution < 1.29 is 9.63 Å². The van der Waals surface area contributed by atoms with E-state index in [-0.39, 0.29) is 0 Å². The molecule has 1 aromatic heterocycles. The Morgan fingerprint density at radius 1 is 1.62 bits per heavy atom. The molecule has 1 rings (SSSR count). The SMILES string of the molecule is CC(C)Cc1cscc1C(=O)ON. The van der Waals surface area contributed by atoms with Gasteiger partial charge in [-0.25, -0.2) is 4.79 Å². The van der Waals surface area contributed by atoms with Crippen LogP contribution in [0.5, 0.6) is 0 Å². The molecule has 0 bridgehead atoms. The van der Waals surface area contributed by atoms with Gasteiger partial charge in [0.1, 0.15) is 0 Å². The molecule has 2 N–H and O–H groups in total. The molecule has 0 radical (unpaired) electrons. The summed E-state index contributed by atoms with van der Waals surface area (Å²) in [6.45, 7) is 4.21. The molecule has 0 spiro atoms. The maximum atomic E-state index is 11.1. The van der Waals surface area contributed by atoms with Crippen LogP contribution in [0.2, 0.25) is 0 Å². The Bertz CT molecular complexity index is 294. The molecule has 1 aromatic rings. The molecule has 72 valence electrons. The van der Waals surface area contributed by atoms with Crippen molar-refractivity contribution in [3.63, 3.8) is 0 Å². The van der Waals surface area contributed by atoms with Crippen molar-refractivity contribution in [2.45, 2.75) is 20.3 Å². The first-order valence-corrected chi connectivity index (χ1v) is 5.05. The zero-order chi connectivity index (χ0) is 9.84. The van der Waals surface area contributed by atoms with Gasteiger partial charge in [0.05, 0.1) is 5.56 Å². The lowest BCUT2D eigenvalue weighted by Gasteiger charge is -2.04. The number of hydrogen-bond donors (Lipinski definition) is 1. The molecular formula is C9H13NO2S. The van der Waals surface area contributed by atoms with Crippen LogP contribution in [-0.2, 0) is 11.3 Å². The minimum absolute atomic E-state index is 0.447. The monoisotopic (exact) mass is 199 g/mol. The highest BCUT2D eigenvalue weighted by Crippen LogP contribution is 2.19. The summed E-state index contributed by atoms with van der Waals surface area (Å²) in [5, 5.41) is 3.74. The molecule has 0 fully saturated rings. The number of thiophene rings is 1. The predicted octanol–water partition coefficient (Wildman–Crippen LogP) is 1.98. The first-order valence-electron chi connectivity index (χ1n) is 4.11. The van der Waals surface area contributed by atoms with Gasteiger partial charge in [0, 0.05) is 5.38 Å². The number of rotatable bonds is 3. The molecule has 1 heterocycles. The quantitative estimate of drug-likeness (QED) is 0.757.